The Bertz CT molecular complexity index is 2460. The summed E-state index contributed by atoms with van der Waals surface area (Å²) in [5, 5.41) is 27.6. The monoisotopic (exact) mass is 791 g/mol. The molecule has 1 spiro atoms. The molecular weight excluding hydrogens is 747 g/mol. The fourth-order valence-corrected chi connectivity index (χ4v) is 12.7. The normalized spacial score (nSPS) is 28.9. The highest BCUT2D eigenvalue weighted by molar-refractivity contribution is 7.99. The van der Waals surface area contributed by atoms with Gasteiger partial charge in [-0.05, 0) is 62.9 Å². The van der Waals surface area contributed by atoms with Gasteiger partial charge in [0.2, 0.25) is 6.79 Å². The molecule has 7 aliphatic rings. The summed E-state index contributed by atoms with van der Waals surface area (Å²) in [6.07, 6.45) is 1.28. The van der Waals surface area contributed by atoms with Crippen LogP contribution in [0.4, 0.5) is 0 Å². The number of phenolic OH excluding ortho intramolecular Hbond substituents is 1. The highest BCUT2D eigenvalue weighted by Crippen LogP contribution is 2.64. The topological polar surface area (TPSA) is 159 Å². The van der Waals surface area contributed by atoms with Crippen LogP contribution in [0.5, 0.6) is 28.7 Å². The quantitative estimate of drug-likeness (QED) is 0.182. The number of ether oxygens (including phenoxy) is 5. The van der Waals surface area contributed by atoms with Crippen molar-refractivity contribution >= 4 is 34.4 Å². The number of phenols is 1. The van der Waals surface area contributed by atoms with Crippen LogP contribution in [0.15, 0.2) is 24.3 Å². The van der Waals surface area contributed by atoms with E-state index in [4.69, 9.17) is 23.7 Å². The Morgan fingerprint density at radius 2 is 1.93 bits per heavy atom. The number of nitrogens with zero attached hydrogens (tertiary/aromatic N) is 3. The summed E-state index contributed by atoms with van der Waals surface area (Å²) in [5.74, 6) is 1.57. The number of rotatable bonds is 2. The number of Topliss-reactive ketones (excluding diaryl/α,β-unsaturated/α-hetero) is 1. The molecule has 2 saturated heterocycles. The third-order valence-electron chi connectivity index (χ3n) is 13.4. The number of piperazine rings is 1. The van der Waals surface area contributed by atoms with E-state index in [1.165, 1.54) is 6.92 Å². The third kappa shape index (κ3) is 4.96. The Morgan fingerprint density at radius 3 is 2.70 bits per heavy atom. The molecule has 296 valence electrons. The first-order valence-corrected chi connectivity index (χ1v) is 20.6. The van der Waals surface area contributed by atoms with Gasteiger partial charge >= 0.3 is 5.97 Å². The lowest BCUT2D eigenvalue weighted by atomic mass is 9.71. The number of aromatic amines is 1. The van der Waals surface area contributed by atoms with Gasteiger partial charge in [0, 0.05) is 70.2 Å². The summed E-state index contributed by atoms with van der Waals surface area (Å²) in [6, 6.07) is 8.59. The van der Waals surface area contributed by atoms with Crippen molar-refractivity contribution in [3.05, 3.63) is 74.5 Å². The van der Waals surface area contributed by atoms with Crippen LogP contribution in [0.3, 0.4) is 0 Å². The Balaban J connectivity index is 1.26. The van der Waals surface area contributed by atoms with Gasteiger partial charge in [0.25, 0.3) is 0 Å². The average Bonchev–Trinajstić information content (AvgIpc) is 3.82. The van der Waals surface area contributed by atoms with E-state index >= 15 is 0 Å². The molecule has 7 aliphatic heterocycles. The molecule has 8 heterocycles. The number of hydrogen-bond acceptors (Lipinski definition) is 13. The number of hydrogen-bond donors (Lipinski definition) is 3. The lowest BCUT2D eigenvalue weighted by Crippen LogP contribution is -2.69. The molecule has 4 bridgehead atoms. The highest BCUT2D eigenvalue weighted by atomic mass is 32.2. The van der Waals surface area contributed by atoms with E-state index in [1.54, 1.807) is 18.9 Å². The lowest BCUT2D eigenvalue weighted by Gasteiger charge is -2.61. The van der Waals surface area contributed by atoms with E-state index in [0.717, 1.165) is 62.0 Å². The zero-order valence-electron chi connectivity index (χ0n) is 32.8. The number of carbonyl (C=O) groups is 2. The molecular formula is C43H45N5O8S. The Labute approximate surface area is 334 Å². The minimum Gasteiger partial charge on any atom is -0.504 e. The molecule has 1 aromatic heterocycles. The standard InChI is InChI=1S/C43H45N5O8S/c1-19-8-7-9-24-25-10-11-45-43(42(25)46-33(19)24)17-57-41-32-31(40-39(54-18-55-40)21(3)38(32)56-22(4)49)28(15-53-16-29(43)50)48-27(14-44)26-13-23-12-20(2)37(52-6)36(51)30(23)34(35(41)48)47(26)5/h7-9,12,26-28,34-35,41,45-46,51H,10-11,13,15-18H2,1-6H3/t26-,27-,28-,34+,35?,41+,43-/m0/s1. The second kappa shape index (κ2) is 13.1. The molecule has 13 nitrogen and oxygen atoms in total. The Hall–Kier alpha value is -4.78. The number of methoxy groups -OCH3 is 1. The number of likely N-dealkylation sites (N-methyl/N-ethyl adjacent to an activating group) is 1. The number of esters is 1. The van der Waals surface area contributed by atoms with Crippen molar-refractivity contribution < 1.29 is 38.4 Å². The molecule has 0 saturated carbocycles. The maximum Gasteiger partial charge on any atom is 0.308 e. The number of H-pyrrole nitrogens is 1. The molecule has 0 radical (unpaired) electrons. The largest absolute Gasteiger partial charge is 0.504 e. The average molecular weight is 792 g/mol. The van der Waals surface area contributed by atoms with Crippen LogP contribution >= 0.6 is 11.8 Å². The first kappa shape index (κ1) is 36.6. The van der Waals surface area contributed by atoms with Crippen molar-refractivity contribution in [2.45, 2.75) is 81.5 Å². The first-order valence-electron chi connectivity index (χ1n) is 19.5. The van der Waals surface area contributed by atoms with Gasteiger partial charge in [0.05, 0.1) is 37.1 Å². The summed E-state index contributed by atoms with van der Waals surface area (Å²) in [4.78, 5) is 36.2. The minimum absolute atomic E-state index is 0.0227. The van der Waals surface area contributed by atoms with Crippen molar-refractivity contribution in [3.8, 4) is 34.8 Å². The van der Waals surface area contributed by atoms with Crippen LogP contribution < -0.4 is 24.3 Å². The van der Waals surface area contributed by atoms with Gasteiger partial charge in [-0.1, -0.05) is 24.3 Å². The number of nitriles is 1. The van der Waals surface area contributed by atoms with Gasteiger partial charge < -0.3 is 33.8 Å². The number of benzene rings is 3. The van der Waals surface area contributed by atoms with Gasteiger partial charge in [-0.15, -0.1) is 11.8 Å². The van der Waals surface area contributed by atoms with E-state index in [-0.39, 0.29) is 43.3 Å². The number of para-hydroxylation sites is 1. The van der Waals surface area contributed by atoms with Crippen LogP contribution in [0.1, 0.15) is 74.5 Å². The first-order chi connectivity index (χ1) is 27.5. The molecule has 3 N–H and O–H groups in total. The van der Waals surface area contributed by atoms with Crippen molar-refractivity contribution in [2.24, 2.45) is 0 Å². The van der Waals surface area contributed by atoms with Gasteiger partial charge in [0.1, 0.15) is 23.9 Å². The second-order valence-corrected chi connectivity index (χ2v) is 17.4. The molecule has 57 heavy (non-hydrogen) atoms. The highest BCUT2D eigenvalue weighted by Gasteiger charge is 2.61. The number of nitrogens with one attached hydrogen (secondary N) is 2. The SMILES string of the molecule is COc1c(C)cc2c(c1O)[C@@H]1C3[C@@H]4SC[C@]5(NCCc6c5[nH]c5c(C)cccc65)C(=O)COC[C@@H](c5c6c(c(C)c(OC(C)=O)c54)OCO6)N3[C@@H](C#N)[C@H](C2)N1C. The molecule has 1 unspecified atom stereocenters. The van der Waals surface area contributed by atoms with Crippen LogP contribution in [-0.4, -0.2) is 96.2 Å². The van der Waals surface area contributed by atoms with Gasteiger partial charge in [-0.25, -0.2) is 0 Å². The van der Waals surface area contributed by atoms with Crippen LogP contribution in [0.25, 0.3) is 10.9 Å². The zero-order valence-corrected chi connectivity index (χ0v) is 33.6. The zero-order chi connectivity index (χ0) is 39.7. The number of aryl methyl sites for hydroxylation is 2. The number of ketones is 1. The molecule has 0 amide bonds. The molecule has 2 fully saturated rings. The van der Waals surface area contributed by atoms with E-state index < -0.39 is 40.9 Å². The molecule has 3 aromatic carbocycles. The Morgan fingerprint density at radius 1 is 1.12 bits per heavy atom. The van der Waals surface area contributed by atoms with E-state index in [9.17, 15) is 20.0 Å². The molecule has 4 aromatic rings. The number of aromatic hydroxyl groups is 1. The van der Waals surface area contributed by atoms with Crippen LogP contribution in [0.2, 0.25) is 0 Å². The molecule has 11 rings (SSSR count). The van der Waals surface area contributed by atoms with Crippen molar-refractivity contribution in [1.29, 1.82) is 5.26 Å². The maximum absolute atomic E-state index is 14.9. The summed E-state index contributed by atoms with van der Waals surface area (Å²) in [6.45, 7) is 7.67. The van der Waals surface area contributed by atoms with Crippen LogP contribution in [-0.2, 0) is 32.7 Å². The molecule has 14 heteroatoms. The van der Waals surface area contributed by atoms with E-state index in [2.05, 4.69) is 57.4 Å². The number of fused-ring (bicyclic) bond motifs is 12. The number of aromatic nitrogens is 1. The molecule has 7 atom stereocenters. The molecule has 0 aliphatic carbocycles. The lowest BCUT2D eigenvalue weighted by molar-refractivity contribution is -0.133. The number of carbonyl (C=O) groups excluding carboxylic acids is 2. The van der Waals surface area contributed by atoms with Crippen molar-refractivity contribution in [3.63, 3.8) is 0 Å². The third-order valence-corrected chi connectivity index (χ3v) is 14.9. The summed E-state index contributed by atoms with van der Waals surface area (Å²) < 4.78 is 31.0. The predicted octanol–water partition coefficient (Wildman–Crippen LogP) is 5.11. The van der Waals surface area contributed by atoms with E-state index in [0.29, 0.717) is 41.5 Å². The van der Waals surface area contributed by atoms with Gasteiger partial charge in [-0.3, -0.25) is 24.7 Å². The van der Waals surface area contributed by atoms with Gasteiger partial charge in [0.15, 0.2) is 28.8 Å². The smallest absolute Gasteiger partial charge is 0.308 e. The second-order valence-electron chi connectivity index (χ2n) is 16.2. The van der Waals surface area contributed by atoms with Crippen molar-refractivity contribution in [1.82, 2.24) is 20.1 Å². The summed E-state index contributed by atoms with van der Waals surface area (Å²) in [5.41, 5.74) is 7.51. The fraction of sp³-hybridized carbons (Fsp3) is 0.465. The predicted molar refractivity (Wildman–Crippen MR) is 211 cm³/mol. The maximum atomic E-state index is 14.9. The fourth-order valence-electron chi connectivity index (χ4n) is 11.0. The Kier molecular flexibility index (Phi) is 8.41. The van der Waals surface area contributed by atoms with Gasteiger partial charge in [-0.2, -0.15) is 5.26 Å². The number of thioether (sulfide) groups is 1. The van der Waals surface area contributed by atoms with E-state index in [1.807, 2.05) is 20.9 Å². The van der Waals surface area contributed by atoms with Crippen LogP contribution in [0, 0.1) is 32.1 Å². The summed E-state index contributed by atoms with van der Waals surface area (Å²) in [7, 11) is 3.59. The van der Waals surface area contributed by atoms with Crippen molar-refractivity contribution in [2.75, 3.05) is 46.5 Å². The minimum atomic E-state index is -1.16. The summed E-state index contributed by atoms with van der Waals surface area (Å²) >= 11 is 1.59.